The number of rotatable bonds is 8. The Morgan fingerprint density at radius 1 is 0.605 bits per heavy atom. The highest BCUT2D eigenvalue weighted by Gasteiger charge is 2.55. The lowest BCUT2D eigenvalue weighted by Gasteiger charge is -2.48. The first-order chi connectivity index (χ1) is 17.3. The van der Waals surface area contributed by atoms with E-state index in [0.29, 0.717) is 22.3 Å². The van der Waals surface area contributed by atoms with Crippen LogP contribution in [-0.2, 0) is 20.7 Å². The SMILES string of the molecule is CC(C)(C)c1cc(O)ccc1C(O)(c1ccc(O)cc1C(C)(C)C)C(CO)(CO)CO.OP(O)OP(O)O. The van der Waals surface area contributed by atoms with Crippen molar-refractivity contribution in [1.29, 1.82) is 0 Å². The van der Waals surface area contributed by atoms with Gasteiger partial charge in [0.2, 0.25) is 0 Å². The number of aromatic hydroxyl groups is 2. The third-order valence-corrected chi connectivity index (χ3v) is 7.39. The van der Waals surface area contributed by atoms with Crippen LogP contribution in [-0.4, -0.2) is 70.0 Å². The molecule has 11 nitrogen and oxygen atoms in total. The number of aliphatic hydroxyl groups excluding tert-OH is 3. The molecule has 216 valence electrons. The molecule has 0 aliphatic rings. The van der Waals surface area contributed by atoms with Gasteiger partial charge in [-0.1, -0.05) is 53.7 Å². The molecule has 0 aliphatic carbocycles. The van der Waals surface area contributed by atoms with Crippen LogP contribution >= 0.6 is 17.2 Å². The third-order valence-electron chi connectivity index (χ3n) is 6.22. The molecule has 0 atom stereocenters. The van der Waals surface area contributed by atoms with E-state index >= 15 is 0 Å². The zero-order valence-electron chi connectivity index (χ0n) is 22.4. The van der Waals surface area contributed by atoms with E-state index in [-0.39, 0.29) is 11.5 Å². The van der Waals surface area contributed by atoms with E-state index < -0.39 is 58.9 Å². The molecule has 0 bridgehead atoms. The smallest absolute Gasteiger partial charge is 0.334 e. The molecular weight excluding hydrogens is 538 g/mol. The van der Waals surface area contributed by atoms with Crippen molar-refractivity contribution >= 4 is 17.2 Å². The van der Waals surface area contributed by atoms with Gasteiger partial charge in [0, 0.05) is 0 Å². The van der Waals surface area contributed by atoms with Crippen LogP contribution in [0.15, 0.2) is 36.4 Å². The Balaban J connectivity index is 0.000000905. The topological polar surface area (TPSA) is 212 Å². The van der Waals surface area contributed by atoms with Crippen LogP contribution in [0.2, 0.25) is 0 Å². The normalized spacial score (nSPS) is 13.1. The van der Waals surface area contributed by atoms with Crippen molar-refractivity contribution in [2.75, 3.05) is 19.8 Å². The minimum Gasteiger partial charge on any atom is -0.508 e. The molecule has 38 heavy (non-hydrogen) atoms. The molecule has 0 radical (unpaired) electrons. The molecule has 0 spiro atoms. The molecule has 0 aromatic heterocycles. The van der Waals surface area contributed by atoms with Crippen LogP contribution < -0.4 is 0 Å². The van der Waals surface area contributed by atoms with Crippen LogP contribution in [0, 0.1) is 5.41 Å². The second-order valence-electron chi connectivity index (χ2n) is 11.0. The van der Waals surface area contributed by atoms with Crippen LogP contribution in [0.25, 0.3) is 0 Å². The quantitative estimate of drug-likeness (QED) is 0.205. The molecule has 2 aromatic rings. The van der Waals surface area contributed by atoms with Gasteiger partial charge < -0.3 is 50.2 Å². The van der Waals surface area contributed by atoms with Gasteiger partial charge in [0.1, 0.15) is 17.1 Å². The fourth-order valence-corrected chi connectivity index (χ4v) is 4.73. The molecule has 0 saturated carbocycles. The molecule has 0 aliphatic heterocycles. The summed E-state index contributed by atoms with van der Waals surface area (Å²) in [5.41, 5.74) is -2.93. The van der Waals surface area contributed by atoms with Crippen molar-refractivity contribution in [3.05, 3.63) is 58.7 Å². The average molecular weight is 579 g/mol. The standard InChI is InChI=1S/C25H36O6.H4O5P2/c1-22(2,3)20-11-16(29)7-9-18(20)25(31,24(13-26,14-27)15-28)19-10-8-17(30)12-21(19)23(4,5)6;1-6(2)5-7(3)4/h7-12,26-31H,13-15H2,1-6H3;1-4H. The van der Waals surface area contributed by atoms with Gasteiger partial charge >= 0.3 is 17.2 Å². The van der Waals surface area contributed by atoms with E-state index in [4.69, 9.17) is 19.6 Å². The van der Waals surface area contributed by atoms with Gasteiger partial charge in [-0.25, -0.2) is 4.31 Å². The number of phenols is 2. The molecule has 10 N–H and O–H groups in total. The molecule has 0 fully saturated rings. The molecule has 0 amide bonds. The van der Waals surface area contributed by atoms with Crippen LogP contribution in [0.3, 0.4) is 0 Å². The number of hydrogen-bond acceptors (Lipinski definition) is 11. The van der Waals surface area contributed by atoms with Crippen LogP contribution in [0.5, 0.6) is 11.5 Å². The van der Waals surface area contributed by atoms with Gasteiger partial charge in [-0.05, 0) is 57.3 Å². The van der Waals surface area contributed by atoms with Gasteiger partial charge in [0.05, 0.1) is 25.2 Å². The first-order valence-corrected chi connectivity index (χ1v) is 13.9. The highest BCUT2D eigenvalue weighted by Crippen LogP contribution is 2.51. The molecule has 2 aromatic carbocycles. The Bertz CT molecular complexity index is 965. The molecule has 0 saturated heterocycles. The van der Waals surface area contributed by atoms with Crippen LogP contribution in [0.4, 0.5) is 0 Å². The fraction of sp³-hybridized carbons (Fsp3) is 0.520. The lowest BCUT2D eigenvalue weighted by atomic mass is 9.61. The number of hydrogen-bond donors (Lipinski definition) is 10. The predicted octanol–water partition coefficient (Wildman–Crippen LogP) is 2.32. The summed E-state index contributed by atoms with van der Waals surface area (Å²) < 4.78 is 3.60. The van der Waals surface area contributed by atoms with E-state index in [1.807, 2.05) is 41.5 Å². The molecule has 0 unspecified atom stereocenters. The molecule has 0 heterocycles. The first kappa shape index (κ1) is 34.6. The van der Waals surface area contributed by atoms with Crippen molar-refractivity contribution in [1.82, 2.24) is 0 Å². The summed E-state index contributed by atoms with van der Waals surface area (Å²) in [6, 6.07) is 9.09. The lowest BCUT2D eigenvalue weighted by molar-refractivity contribution is -0.137. The summed E-state index contributed by atoms with van der Waals surface area (Å²) in [5, 5.41) is 63.9. The van der Waals surface area contributed by atoms with E-state index in [1.54, 1.807) is 24.3 Å². The predicted molar refractivity (Wildman–Crippen MR) is 144 cm³/mol. The summed E-state index contributed by atoms with van der Waals surface area (Å²) in [6.45, 7) is 9.43. The van der Waals surface area contributed by atoms with Gasteiger partial charge in [-0.2, -0.15) is 0 Å². The summed E-state index contributed by atoms with van der Waals surface area (Å²) in [5.74, 6) is 0.0285. The number of aliphatic hydroxyl groups is 4. The maximum absolute atomic E-state index is 12.5. The van der Waals surface area contributed by atoms with Crippen molar-refractivity contribution in [3.8, 4) is 11.5 Å². The Morgan fingerprint density at radius 3 is 1.13 bits per heavy atom. The Hall–Kier alpha value is -1.46. The monoisotopic (exact) mass is 578 g/mol. The molecule has 13 heteroatoms. The first-order valence-electron chi connectivity index (χ1n) is 11.6. The number of phenolic OH excluding ortho intramolecular Hbond substituents is 2. The zero-order valence-corrected chi connectivity index (χ0v) is 24.1. The molecule has 2 rings (SSSR count). The second kappa shape index (κ2) is 13.3. The van der Waals surface area contributed by atoms with Crippen LogP contribution in [0.1, 0.15) is 63.8 Å². The Kier molecular flexibility index (Phi) is 12.1. The van der Waals surface area contributed by atoms with E-state index in [0.717, 1.165) is 0 Å². The van der Waals surface area contributed by atoms with Crippen molar-refractivity contribution in [2.24, 2.45) is 5.41 Å². The average Bonchev–Trinajstić information content (AvgIpc) is 2.78. The Morgan fingerprint density at radius 2 is 0.921 bits per heavy atom. The van der Waals surface area contributed by atoms with E-state index in [1.165, 1.54) is 12.1 Å². The zero-order chi connectivity index (χ0) is 29.7. The second-order valence-corrected chi connectivity index (χ2v) is 12.7. The van der Waals surface area contributed by atoms with Crippen molar-refractivity contribution < 1.29 is 54.5 Å². The van der Waals surface area contributed by atoms with E-state index in [2.05, 4.69) is 4.31 Å². The largest absolute Gasteiger partial charge is 0.508 e. The third kappa shape index (κ3) is 7.81. The minimum absolute atomic E-state index is 0.0142. The summed E-state index contributed by atoms with van der Waals surface area (Å²) in [6.07, 6.45) is 0. The minimum atomic E-state index is -2.61. The maximum Gasteiger partial charge on any atom is 0.334 e. The maximum atomic E-state index is 12.5. The highest BCUT2D eigenvalue weighted by molar-refractivity contribution is 7.53. The van der Waals surface area contributed by atoms with Gasteiger partial charge in [-0.15, -0.1) is 0 Å². The Labute approximate surface area is 225 Å². The fourth-order valence-electron chi connectivity index (χ4n) is 4.21. The van der Waals surface area contributed by atoms with Crippen molar-refractivity contribution in [2.45, 2.75) is 58.0 Å². The molecular formula is C25H40O11P2. The number of benzene rings is 2. The van der Waals surface area contributed by atoms with Crippen molar-refractivity contribution in [3.63, 3.8) is 0 Å². The van der Waals surface area contributed by atoms with E-state index in [9.17, 15) is 30.6 Å². The highest BCUT2D eigenvalue weighted by atomic mass is 31.2. The summed E-state index contributed by atoms with van der Waals surface area (Å²) in [4.78, 5) is 31.3. The van der Waals surface area contributed by atoms with Gasteiger partial charge in [-0.3, -0.25) is 0 Å². The summed E-state index contributed by atoms with van der Waals surface area (Å²) >= 11 is 0. The lowest BCUT2D eigenvalue weighted by Crippen LogP contribution is -2.55. The van der Waals surface area contributed by atoms with Gasteiger partial charge in [0.15, 0.2) is 0 Å². The summed E-state index contributed by atoms with van der Waals surface area (Å²) in [7, 11) is -5.22. The van der Waals surface area contributed by atoms with Gasteiger partial charge in [0.25, 0.3) is 0 Å².